The Bertz CT molecular complexity index is 577. The molecule has 0 bridgehead atoms. The summed E-state index contributed by atoms with van der Waals surface area (Å²) in [6.45, 7) is 1.83. The van der Waals surface area contributed by atoms with Gasteiger partial charge in [-0.05, 0) is 6.92 Å². The molecule has 0 spiro atoms. The first-order chi connectivity index (χ1) is 8.58. The van der Waals surface area contributed by atoms with E-state index < -0.39 is 5.97 Å². The zero-order valence-corrected chi connectivity index (χ0v) is 11.0. The van der Waals surface area contributed by atoms with Gasteiger partial charge in [0.1, 0.15) is 15.6 Å². The molecule has 0 aliphatic carbocycles. The van der Waals surface area contributed by atoms with Crippen LogP contribution in [0.4, 0.5) is 0 Å². The number of hydrogen-bond donors (Lipinski definition) is 2. The van der Waals surface area contributed by atoms with Gasteiger partial charge in [-0.3, -0.25) is 4.79 Å². The molecule has 0 saturated carbocycles. The fourth-order valence-electron chi connectivity index (χ4n) is 1.30. The van der Waals surface area contributed by atoms with Crippen molar-refractivity contribution in [1.82, 2.24) is 15.3 Å². The Kier molecular flexibility index (Phi) is 3.68. The van der Waals surface area contributed by atoms with Crippen molar-refractivity contribution in [2.75, 3.05) is 0 Å². The number of carbonyl (C=O) groups is 2. The zero-order valence-electron chi connectivity index (χ0n) is 9.34. The van der Waals surface area contributed by atoms with Crippen molar-refractivity contribution < 1.29 is 14.7 Å². The van der Waals surface area contributed by atoms with Gasteiger partial charge in [-0.2, -0.15) is 0 Å². The predicted octanol–water partition coefficient (Wildman–Crippen LogP) is 1.54. The summed E-state index contributed by atoms with van der Waals surface area (Å²) in [5, 5.41) is 13.7. The summed E-state index contributed by atoms with van der Waals surface area (Å²) >= 11 is 2.40. The van der Waals surface area contributed by atoms with Gasteiger partial charge in [-0.15, -0.1) is 22.7 Å². The predicted molar refractivity (Wildman–Crippen MR) is 67.1 cm³/mol. The van der Waals surface area contributed by atoms with E-state index >= 15 is 0 Å². The lowest BCUT2D eigenvalue weighted by atomic mass is 10.4. The number of hydrogen-bond acceptors (Lipinski definition) is 6. The molecule has 0 fully saturated rings. The van der Waals surface area contributed by atoms with Gasteiger partial charge < -0.3 is 10.4 Å². The van der Waals surface area contributed by atoms with Crippen LogP contribution in [0.25, 0.3) is 0 Å². The van der Waals surface area contributed by atoms with E-state index in [1.54, 1.807) is 17.8 Å². The maximum atomic E-state index is 11.6. The van der Waals surface area contributed by atoms with Gasteiger partial charge in [0.2, 0.25) is 0 Å². The van der Waals surface area contributed by atoms with Crippen LogP contribution in [0, 0.1) is 6.92 Å². The molecular formula is C10H9N3O3S2. The lowest BCUT2D eigenvalue weighted by Gasteiger charge is -1.99. The smallest absolute Gasteiger partial charge is 0.347 e. The molecule has 2 N–H and O–H groups in total. The van der Waals surface area contributed by atoms with Crippen LogP contribution in [-0.4, -0.2) is 27.0 Å². The Hall–Kier alpha value is -1.80. The van der Waals surface area contributed by atoms with Gasteiger partial charge in [-0.25, -0.2) is 14.8 Å². The summed E-state index contributed by atoms with van der Waals surface area (Å²) in [4.78, 5) is 30.6. The second-order valence-electron chi connectivity index (χ2n) is 3.38. The van der Waals surface area contributed by atoms with Gasteiger partial charge in [0, 0.05) is 5.38 Å². The molecule has 2 aromatic rings. The Morgan fingerprint density at radius 3 is 2.83 bits per heavy atom. The maximum Gasteiger partial charge on any atom is 0.347 e. The van der Waals surface area contributed by atoms with Crippen LogP contribution >= 0.6 is 22.7 Å². The summed E-state index contributed by atoms with van der Waals surface area (Å²) in [6, 6.07) is 0. The monoisotopic (exact) mass is 283 g/mol. The number of carbonyl (C=O) groups excluding carboxylic acids is 1. The first kappa shape index (κ1) is 12.7. The van der Waals surface area contributed by atoms with Crippen LogP contribution in [0.1, 0.15) is 30.9 Å². The number of rotatable bonds is 4. The van der Waals surface area contributed by atoms with Crippen molar-refractivity contribution in [2.24, 2.45) is 0 Å². The van der Waals surface area contributed by atoms with E-state index in [1.807, 2.05) is 0 Å². The minimum Gasteiger partial charge on any atom is -0.477 e. The van der Waals surface area contributed by atoms with Crippen LogP contribution in [-0.2, 0) is 6.54 Å². The lowest BCUT2D eigenvalue weighted by Crippen LogP contribution is -2.22. The number of aryl methyl sites for hydroxylation is 1. The molecule has 0 atom stereocenters. The van der Waals surface area contributed by atoms with E-state index in [9.17, 15) is 9.59 Å². The van der Waals surface area contributed by atoms with Crippen LogP contribution in [0.3, 0.4) is 0 Å². The average molecular weight is 283 g/mol. The van der Waals surface area contributed by atoms with E-state index in [4.69, 9.17) is 5.11 Å². The van der Waals surface area contributed by atoms with Gasteiger partial charge >= 0.3 is 5.97 Å². The minimum absolute atomic E-state index is 0.202. The molecule has 6 nitrogen and oxygen atoms in total. The molecule has 0 radical (unpaired) electrons. The van der Waals surface area contributed by atoms with Crippen LogP contribution in [0.15, 0.2) is 10.9 Å². The molecule has 2 heterocycles. The first-order valence-corrected chi connectivity index (χ1v) is 6.70. The van der Waals surface area contributed by atoms with Gasteiger partial charge in [0.05, 0.1) is 17.7 Å². The fourth-order valence-corrected chi connectivity index (χ4v) is 2.67. The minimum atomic E-state index is -0.998. The van der Waals surface area contributed by atoms with E-state index in [0.717, 1.165) is 11.3 Å². The van der Waals surface area contributed by atoms with E-state index in [-0.39, 0.29) is 17.3 Å². The van der Waals surface area contributed by atoms with Crippen LogP contribution in [0.2, 0.25) is 0 Å². The molecule has 18 heavy (non-hydrogen) atoms. The van der Waals surface area contributed by atoms with Crippen molar-refractivity contribution in [2.45, 2.75) is 13.5 Å². The van der Waals surface area contributed by atoms with Gasteiger partial charge in [-0.1, -0.05) is 0 Å². The van der Waals surface area contributed by atoms with Crippen LogP contribution < -0.4 is 5.32 Å². The summed E-state index contributed by atoms with van der Waals surface area (Å²) in [7, 11) is 0. The summed E-state index contributed by atoms with van der Waals surface area (Å²) < 4.78 is 0. The normalized spacial score (nSPS) is 10.3. The topological polar surface area (TPSA) is 92.2 Å². The number of nitrogens with zero attached hydrogens (tertiary/aromatic N) is 2. The first-order valence-electron chi connectivity index (χ1n) is 4.94. The molecule has 0 aliphatic rings. The number of amides is 1. The number of thiazole rings is 2. The van der Waals surface area contributed by atoms with E-state index in [1.165, 1.54) is 11.3 Å². The van der Waals surface area contributed by atoms with Crippen molar-refractivity contribution in [3.8, 4) is 0 Å². The molecule has 2 rings (SSSR count). The average Bonchev–Trinajstić information content (AvgIpc) is 2.94. The zero-order chi connectivity index (χ0) is 13.1. The highest BCUT2D eigenvalue weighted by molar-refractivity contribution is 7.13. The number of aromatic nitrogens is 2. The van der Waals surface area contributed by atoms with Crippen LogP contribution in [0.5, 0.6) is 0 Å². The SMILES string of the molecule is Cc1nc(CNC(=O)c2cscn2)sc1C(=O)O. The number of nitrogens with one attached hydrogen (secondary N) is 1. The molecule has 2 aromatic heterocycles. The highest BCUT2D eigenvalue weighted by atomic mass is 32.1. The molecule has 0 aromatic carbocycles. The maximum absolute atomic E-state index is 11.6. The Morgan fingerprint density at radius 2 is 2.28 bits per heavy atom. The van der Waals surface area contributed by atoms with Gasteiger partial charge in [0.15, 0.2) is 0 Å². The Labute approximate surface area is 110 Å². The molecule has 0 aliphatic heterocycles. The Balaban J connectivity index is 2.01. The largest absolute Gasteiger partial charge is 0.477 e. The molecular weight excluding hydrogens is 274 g/mol. The quantitative estimate of drug-likeness (QED) is 0.888. The summed E-state index contributed by atoms with van der Waals surface area (Å²) in [6.07, 6.45) is 0. The number of aromatic carboxylic acids is 1. The lowest BCUT2D eigenvalue weighted by molar-refractivity contribution is 0.0701. The fraction of sp³-hybridized carbons (Fsp3) is 0.200. The number of carboxylic acid groups (broad SMARTS) is 1. The van der Waals surface area contributed by atoms with Crippen molar-refractivity contribution in [3.63, 3.8) is 0 Å². The van der Waals surface area contributed by atoms with E-state index in [0.29, 0.717) is 16.4 Å². The molecule has 0 unspecified atom stereocenters. The third-order valence-corrected chi connectivity index (χ3v) is 3.83. The highest BCUT2D eigenvalue weighted by Gasteiger charge is 2.14. The highest BCUT2D eigenvalue weighted by Crippen LogP contribution is 2.17. The standard InChI is InChI=1S/C10H9N3O3S2/c1-5-8(10(15)16)18-7(13-5)2-11-9(14)6-3-17-4-12-6/h3-4H,2H2,1H3,(H,11,14)(H,15,16). The summed E-state index contributed by atoms with van der Waals surface area (Å²) in [5.41, 5.74) is 2.39. The van der Waals surface area contributed by atoms with Crippen molar-refractivity contribution in [1.29, 1.82) is 0 Å². The molecule has 1 amide bonds. The van der Waals surface area contributed by atoms with Gasteiger partial charge in [0.25, 0.3) is 5.91 Å². The second-order valence-corrected chi connectivity index (χ2v) is 5.19. The summed E-state index contributed by atoms with van der Waals surface area (Å²) in [5.74, 6) is -1.29. The third kappa shape index (κ3) is 2.71. The molecule has 94 valence electrons. The second kappa shape index (κ2) is 5.23. The molecule has 0 saturated heterocycles. The van der Waals surface area contributed by atoms with E-state index in [2.05, 4.69) is 15.3 Å². The van der Waals surface area contributed by atoms with Crippen molar-refractivity contribution >= 4 is 34.6 Å². The third-order valence-electron chi connectivity index (χ3n) is 2.10. The molecule has 8 heteroatoms. The number of carboxylic acids is 1. The van der Waals surface area contributed by atoms with Crippen molar-refractivity contribution in [3.05, 3.63) is 32.2 Å². The Morgan fingerprint density at radius 1 is 1.50 bits per heavy atom.